The number of hydrogen-bond acceptors (Lipinski definition) is 3. The van der Waals surface area contributed by atoms with Crippen molar-refractivity contribution in [2.45, 2.75) is 25.9 Å². The molecule has 2 N–H and O–H groups in total. The summed E-state index contributed by atoms with van der Waals surface area (Å²) in [4.78, 5) is 24.8. The molecule has 0 spiro atoms. The molecule has 102 valence electrons. The van der Waals surface area contributed by atoms with E-state index in [2.05, 4.69) is 0 Å². The third-order valence-corrected chi connectivity index (χ3v) is 3.22. The molecule has 0 aliphatic carbocycles. The number of primary amides is 1. The molecule has 1 aliphatic heterocycles. The van der Waals surface area contributed by atoms with Crippen molar-refractivity contribution in [3.63, 3.8) is 0 Å². The van der Waals surface area contributed by atoms with E-state index >= 15 is 0 Å². The smallest absolute Gasteiger partial charge is 0.263 e. The average Bonchev–Trinajstić information content (AvgIpc) is 2.92. The normalized spacial score (nSPS) is 16.2. The van der Waals surface area contributed by atoms with Crippen molar-refractivity contribution in [3.05, 3.63) is 29.8 Å². The fourth-order valence-corrected chi connectivity index (χ4v) is 2.15. The summed E-state index contributed by atoms with van der Waals surface area (Å²) >= 11 is 0. The number of hydrogen-bond donors (Lipinski definition) is 1. The minimum Gasteiger partial charge on any atom is -0.481 e. The lowest BCUT2D eigenvalue weighted by Gasteiger charge is -2.21. The van der Waals surface area contributed by atoms with Gasteiger partial charge in [0.25, 0.3) is 5.91 Å². The summed E-state index contributed by atoms with van der Waals surface area (Å²) in [5, 5.41) is 0. The maximum Gasteiger partial charge on any atom is 0.263 e. The first-order valence-corrected chi connectivity index (χ1v) is 6.43. The van der Waals surface area contributed by atoms with Crippen LogP contribution in [0.2, 0.25) is 0 Å². The Labute approximate surface area is 112 Å². The second-order valence-corrected chi connectivity index (χ2v) is 4.68. The lowest BCUT2D eigenvalue weighted by Crippen LogP contribution is -2.38. The molecule has 0 unspecified atom stereocenters. The van der Waals surface area contributed by atoms with Crippen LogP contribution in [0.25, 0.3) is 0 Å². The van der Waals surface area contributed by atoms with Crippen molar-refractivity contribution in [1.29, 1.82) is 0 Å². The highest BCUT2D eigenvalue weighted by Crippen LogP contribution is 2.16. The van der Waals surface area contributed by atoms with Gasteiger partial charge in [-0.1, -0.05) is 0 Å². The van der Waals surface area contributed by atoms with Crippen molar-refractivity contribution in [2.24, 2.45) is 5.73 Å². The number of ether oxygens (including phenoxy) is 1. The molecule has 2 amide bonds. The van der Waals surface area contributed by atoms with Gasteiger partial charge >= 0.3 is 0 Å². The molecule has 1 aromatic carbocycles. The highest BCUT2D eigenvalue weighted by atomic mass is 16.5. The van der Waals surface area contributed by atoms with E-state index < -0.39 is 12.0 Å². The van der Waals surface area contributed by atoms with Crippen molar-refractivity contribution in [1.82, 2.24) is 4.90 Å². The van der Waals surface area contributed by atoms with E-state index in [1.54, 1.807) is 31.2 Å². The number of nitrogens with two attached hydrogens (primary N) is 1. The Hall–Kier alpha value is -2.04. The molecule has 1 saturated heterocycles. The van der Waals surface area contributed by atoms with Crippen molar-refractivity contribution >= 4 is 11.8 Å². The summed E-state index contributed by atoms with van der Waals surface area (Å²) in [5.41, 5.74) is 5.58. The molecule has 0 aromatic heterocycles. The van der Waals surface area contributed by atoms with Crippen LogP contribution in [-0.2, 0) is 4.79 Å². The number of carbonyl (C=O) groups excluding carboxylic acids is 2. The van der Waals surface area contributed by atoms with Gasteiger partial charge in [0.05, 0.1) is 0 Å². The van der Waals surface area contributed by atoms with E-state index in [-0.39, 0.29) is 5.91 Å². The van der Waals surface area contributed by atoms with Crippen molar-refractivity contribution in [2.75, 3.05) is 13.1 Å². The molecule has 1 fully saturated rings. The molecule has 1 aromatic rings. The minimum atomic E-state index is -0.516. The van der Waals surface area contributed by atoms with Crippen LogP contribution in [0.5, 0.6) is 5.75 Å². The van der Waals surface area contributed by atoms with Gasteiger partial charge in [0, 0.05) is 18.7 Å². The average molecular weight is 262 g/mol. The third-order valence-electron chi connectivity index (χ3n) is 3.22. The first kappa shape index (κ1) is 13.4. The number of amides is 2. The van der Waals surface area contributed by atoms with E-state index in [1.165, 1.54) is 0 Å². The lowest BCUT2D eigenvalue weighted by molar-refractivity contribution is -0.136. The van der Waals surface area contributed by atoms with Crippen LogP contribution >= 0.6 is 0 Å². The van der Waals surface area contributed by atoms with Gasteiger partial charge < -0.3 is 15.4 Å². The fraction of sp³-hybridized carbons (Fsp3) is 0.429. The fourth-order valence-electron chi connectivity index (χ4n) is 2.15. The molecule has 1 atom stereocenters. The van der Waals surface area contributed by atoms with Gasteiger partial charge in [-0.05, 0) is 44.0 Å². The monoisotopic (exact) mass is 262 g/mol. The summed E-state index contributed by atoms with van der Waals surface area (Å²) in [6.45, 7) is 3.36. The number of likely N-dealkylation sites (tertiary alicyclic amines) is 1. The maximum absolute atomic E-state index is 12.1. The van der Waals surface area contributed by atoms with Crippen LogP contribution in [0, 0.1) is 0 Å². The first-order valence-electron chi connectivity index (χ1n) is 6.43. The van der Waals surface area contributed by atoms with E-state index in [0.29, 0.717) is 11.3 Å². The molecule has 5 heteroatoms. The standard InChI is InChI=1S/C14H18N2O3/c1-10(14(18)16-8-2-3-9-16)19-12-6-4-11(5-7-12)13(15)17/h4-7,10H,2-3,8-9H2,1H3,(H2,15,17)/t10-/m1/s1. The molecule has 0 saturated carbocycles. The third kappa shape index (κ3) is 3.24. The topological polar surface area (TPSA) is 72.6 Å². The van der Waals surface area contributed by atoms with Gasteiger partial charge in [-0.15, -0.1) is 0 Å². The summed E-state index contributed by atoms with van der Waals surface area (Å²) in [6.07, 6.45) is 1.61. The Morgan fingerprint density at radius 3 is 2.32 bits per heavy atom. The molecule has 5 nitrogen and oxygen atoms in total. The van der Waals surface area contributed by atoms with Crippen LogP contribution in [0.1, 0.15) is 30.1 Å². The van der Waals surface area contributed by atoms with Gasteiger partial charge in [-0.3, -0.25) is 9.59 Å². The van der Waals surface area contributed by atoms with E-state index in [4.69, 9.17) is 10.5 Å². The molecular formula is C14H18N2O3. The maximum atomic E-state index is 12.1. The van der Waals surface area contributed by atoms with Crippen molar-refractivity contribution in [3.8, 4) is 5.75 Å². The second-order valence-electron chi connectivity index (χ2n) is 4.68. The molecule has 1 aliphatic rings. The van der Waals surface area contributed by atoms with Gasteiger partial charge in [-0.25, -0.2) is 0 Å². The molecular weight excluding hydrogens is 244 g/mol. The van der Waals surface area contributed by atoms with Crippen LogP contribution in [0.15, 0.2) is 24.3 Å². The van der Waals surface area contributed by atoms with Crippen molar-refractivity contribution < 1.29 is 14.3 Å². The minimum absolute atomic E-state index is 0.0106. The predicted molar refractivity (Wildman–Crippen MR) is 70.9 cm³/mol. The number of benzene rings is 1. The number of carbonyl (C=O) groups is 2. The van der Waals surface area contributed by atoms with Crippen LogP contribution < -0.4 is 10.5 Å². The molecule has 19 heavy (non-hydrogen) atoms. The Balaban J connectivity index is 1.96. The SMILES string of the molecule is C[C@@H](Oc1ccc(C(N)=O)cc1)C(=O)N1CCCC1. The van der Waals surface area contributed by atoms with Gasteiger partial charge in [-0.2, -0.15) is 0 Å². The van der Waals surface area contributed by atoms with Gasteiger partial charge in [0.15, 0.2) is 6.10 Å². The molecule has 0 bridgehead atoms. The lowest BCUT2D eigenvalue weighted by atomic mass is 10.2. The van der Waals surface area contributed by atoms with E-state index in [0.717, 1.165) is 25.9 Å². The highest BCUT2D eigenvalue weighted by Gasteiger charge is 2.24. The quantitative estimate of drug-likeness (QED) is 0.885. The van der Waals surface area contributed by atoms with E-state index in [9.17, 15) is 9.59 Å². The van der Waals surface area contributed by atoms with Crippen LogP contribution in [0.4, 0.5) is 0 Å². The predicted octanol–water partition coefficient (Wildman–Crippen LogP) is 1.18. The summed E-state index contributed by atoms with van der Waals surface area (Å²) in [7, 11) is 0. The van der Waals surface area contributed by atoms with Gasteiger partial charge in [0.1, 0.15) is 5.75 Å². The van der Waals surface area contributed by atoms with Gasteiger partial charge in [0.2, 0.25) is 5.91 Å². The number of rotatable bonds is 4. The van der Waals surface area contributed by atoms with Crippen LogP contribution in [-0.4, -0.2) is 35.9 Å². The summed E-state index contributed by atoms with van der Waals surface area (Å²) in [6, 6.07) is 6.47. The summed E-state index contributed by atoms with van der Waals surface area (Å²) in [5.74, 6) is 0.0919. The Bertz CT molecular complexity index is 464. The molecule has 1 heterocycles. The highest BCUT2D eigenvalue weighted by molar-refractivity contribution is 5.92. The molecule has 0 radical (unpaired) electrons. The summed E-state index contributed by atoms with van der Waals surface area (Å²) < 4.78 is 5.58. The molecule has 2 rings (SSSR count). The zero-order valence-corrected chi connectivity index (χ0v) is 11.0. The first-order chi connectivity index (χ1) is 9.08. The number of nitrogens with zero attached hydrogens (tertiary/aromatic N) is 1. The van der Waals surface area contributed by atoms with E-state index in [1.807, 2.05) is 4.90 Å². The Morgan fingerprint density at radius 2 is 1.79 bits per heavy atom. The second kappa shape index (κ2) is 5.73. The Morgan fingerprint density at radius 1 is 1.21 bits per heavy atom. The Kier molecular flexibility index (Phi) is 4.04. The zero-order valence-electron chi connectivity index (χ0n) is 11.0. The largest absolute Gasteiger partial charge is 0.481 e. The zero-order chi connectivity index (χ0) is 13.8. The van der Waals surface area contributed by atoms with Crippen LogP contribution in [0.3, 0.4) is 0 Å².